The number of ether oxygens (including phenoxy) is 1. The molecule has 1 aromatic heterocycles. The third-order valence-electron chi connectivity index (χ3n) is 1.46. The topological polar surface area (TPSA) is 84.8 Å². The molecule has 0 radical (unpaired) electrons. The summed E-state index contributed by atoms with van der Waals surface area (Å²) in [5.74, 6) is -0.163. The molecule has 8 heteroatoms. The molecule has 1 aromatic rings. The van der Waals surface area contributed by atoms with Gasteiger partial charge < -0.3 is 10.1 Å². The number of nitrogens with one attached hydrogen (secondary N) is 2. The average Bonchev–Trinajstić information content (AvgIpc) is 2.52. The van der Waals surface area contributed by atoms with Crippen molar-refractivity contribution in [1.29, 1.82) is 0 Å². The number of hydrogen-bond donors (Lipinski definition) is 2. The number of amides is 1. The van der Waals surface area contributed by atoms with Crippen molar-refractivity contribution in [3.05, 3.63) is 4.77 Å². The lowest BCUT2D eigenvalue weighted by Crippen LogP contribution is -2.30. The van der Waals surface area contributed by atoms with E-state index in [1.165, 1.54) is 4.68 Å². The first-order chi connectivity index (χ1) is 6.74. The van der Waals surface area contributed by atoms with Gasteiger partial charge in [0, 0.05) is 13.7 Å². The van der Waals surface area contributed by atoms with Crippen LogP contribution in [0.3, 0.4) is 0 Å². The molecule has 0 aromatic carbocycles. The Morgan fingerprint density at radius 3 is 3.14 bits per heavy atom. The molecule has 1 amide bonds. The summed E-state index contributed by atoms with van der Waals surface area (Å²) >= 11 is 4.79. The van der Waals surface area contributed by atoms with E-state index in [1.807, 2.05) is 0 Å². The van der Waals surface area contributed by atoms with Crippen LogP contribution in [-0.4, -0.2) is 46.4 Å². The predicted octanol–water partition coefficient (Wildman–Crippen LogP) is -0.902. The maximum absolute atomic E-state index is 11.2. The second-order valence-electron chi connectivity index (χ2n) is 2.51. The number of methoxy groups -OCH3 is 1. The minimum atomic E-state index is -0.163. The molecule has 2 N–H and O–H groups in total. The normalized spacial score (nSPS) is 10.1. The summed E-state index contributed by atoms with van der Waals surface area (Å²) in [7, 11) is 1.57. The van der Waals surface area contributed by atoms with E-state index < -0.39 is 0 Å². The quantitative estimate of drug-likeness (QED) is 0.493. The van der Waals surface area contributed by atoms with Crippen LogP contribution in [0.1, 0.15) is 0 Å². The number of carbonyl (C=O) groups excluding carboxylic acids is 1. The minimum Gasteiger partial charge on any atom is -0.383 e. The second kappa shape index (κ2) is 5.45. The number of rotatable bonds is 5. The smallest absolute Gasteiger partial charge is 0.241 e. The molecule has 7 nitrogen and oxygen atoms in total. The Labute approximate surface area is 85.4 Å². The number of carbonyl (C=O) groups is 1. The van der Waals surface area contributed by atoms with E-state index in [1.54, 1.807) is 7.11 Å². The Hall–Kier alpha value is -1.28. The highest BCUT2D eigenvalue weighted by Gasteiger charge is 2.03. The van der Waals surface area contributed by atoms with Crippen LogP contribution in [0.5, 0.6) is 0 Å². The zero-order valence-corrected chi connectivity index (χ0v) is 8.50. The summed E-state index contributed by atoms with van der Waals surface area (Å²) in [6, 6.07) is 0. The lowest BCUT2D eigenvalue weighted by Gasteiger charge is -2.03. The van der Waals surface area contributed by atoms with Crippen molar-refractivity contribution >= 4 is 18.1 Å². The molecule has 0 atom stereocenters. The van der Waals surface area contributed by atoms with Gasteiger partial charge in [0.25, 0.3) is 0 Å². The molecule has 0 saturated carbocycles. The Kier molecular flexibility index (Phi) is 4.20. The van der Waals surface area contributed by atoms with Crippen LogP contribution in [0.2, 0.25) is 0 Å². The van der Waals surface area contributed by atoms with Crippen molar-refractivity contribution in [2.24, 2.45) is 0 Å². The van der Waals surface area contributed by atoms with E-state index in [9.17, 15) is 4.79 Å². The first-order valence-electron chi connectivity index (χ1n) is 3.97. The molecule has 0 aliphatic rings. The standard InChI is InChI=1S/C6H11N5O2S/c1-13-3-2-7-5(12)4-11-6(14)8-9-10-11/h2-4H2,1H3,(H,7,12)(H,8,10,14). The summed E-state index contributed by atoms with van der Waals surface area (Å²) in [4.78, 5) is 11.2. The van der Waals surface area contributed by atoms with Gasteiger partial charge in [-0.3, -0.25) is 4.79 Å². The fraction of sp³-hybridized carbons (Fsp3) is 0.667. The molecule has 14 heavy (non-hydrogen) atoms. The fourth-order valence-electron chi connectivity index (χ4n) is 0.811. The average molecular weight is 217 g/mol. The van der Waals surface area contributed by atoms with Gasteiger partial charge in [0.1, 0.15) is 6.54 Å². The van der Waals surface area contributed by atoms with Crippen LogP contribution < -0.4 is 5.32 Å². The summed E-state index contributed by atoms with van der Waals surface area (Å²) in [6.45, 7) is 1.05. The van der Waals surface area contributed by atoms with Gasteiger partial charge in [-0.25, -0.2) is 4.68 Å². The summed E-state index contributed by atoms with van der Waals surface area (Å²) < 4.78 is 6.41. The molecule has 1 heterocycles. The molecule has 0 saturated heterocycles. The molecule has 0 aliphatic carbocycles. The molecule has 0 aliphatic heterocycles. The lowest BCUT2D eigenvalue weighted by molar-refractivity contribution is -0.122. The first-order valence-corrected chi connectivity index (χ1v) is 4.38. The molecule has 0 bridgehead atoms. The van der Waals surface area contributed by atoms with Gasteiger partial charge in [-0.05, 0) is 12.2 Å². The zero-order chi connectivity index (χ0) is 10.4. The van der Waals surface area contributed by atoms with Crippen LogP contribution >= 0.6 is 12.2 Å². The van der Waals surface area contributed by atoms with Crippen LogP contribution in [0, 0.1) is 4.77 Å². The lowest BCUT2D eigenvalue weighted by atomic mass is 10.5. The van der Waals surface area contributed by atoms with E-state index in [0.717, 1.165) is 0 Å². The third kappa shape index (κ3) is 3.23. The highest BCUT2D eigenvalue weighted by Crippen LogP contribution is 1.82. The van der Waals surface area contributed by atoms with E-state index >= 15 is 0 Å². The predicted molar refractivity (Wildman–Crippen MR) is 50.1 cm³/mol. The van der Waals surface area contributed by atoms with E-state index in [4.69, 9.17) is 17.0 Å². The fourth-order valence-corrected chi connectivity index (χ4v) is 0.957. The SMILES string of the molecule is COCCNC(=O)Cn1[nH]nnc1=S. The first kappa shape index (κ1) is 10.8. The summed E-state index contributed by atoms with van der Waals surface area (Å²) in [5, 5.41) is 12.1. The van der Waals surface area contributed by atoms with Crippen LogP contribution in [0.15, 0.2) is 0 Å². The van der Waals surface area contributed by atoms with Crippen molar-refractivity contribution in [3.8, 4) is 0 Å². The van der Waals surface area contributed by atoms with Crippen molar-refractivity contribution in [2.45, 2.75) is 6.54 Å². The Morgan fingerprint density at radius 1 is 1.79 bits per heavy atom. The molecule has 0 unspecified atom stereocenters. The molecule has 0 spiro atoms. The zero-order valence-electron chi connectivity index (χ0n) is 7.69. The van der Waals surface area contributed by atoms with Gasteiger partial charge in [0.2, 0.25) is 10.7 Å². The van der Waals surface area contributed by atoms with Crippen molar-refractivity contribution in [3.63, 3.8) is 0 Å². The van der Waals surface area contributed by atoms with Gasteiger partial charge in [-0.2, -0.15) is 5.21 Å². The van der Waals surface area contributed by atoms with Gasteiger partial charge in [0.15, 0.2) is 0 Å². The summed E-state index contributed by atoms with van der Waals surface area (Å²) in [5.41, 5.74) is 0. The number of aromatic nitrogens is 4. The highest BCUT2D eigenvalue weighted by molar-refractivity contribution is 7.71. The monoisotopic (exact) mass is 217 g/mol. The maximum Gasteiger partial charge on any atom is 0.241 e. The van der Waals surface area contributed by atoms with E-state index in [0.29, 0.717) is 13.2 Å². The second-order valence-corrected chi connectivity index (χ2v) is 2.88. The van der Waals surface area contributed by atoms with E-state index in [-0.39, 0.29) is 17.2 Å². The van der Waals surface area contributed by atoms with Gasteiger partial charge >= 0.3 is 0 Å². The van der Waals surface area contributed by atoms with Gasteiger partial charge in [-0.1, -0.05) is 10.3 Å². The largest absolute Gasteiger partial charge is 0.383 e. The van der Waals surface area contributed by atoms with E-state index in [2.05, 4.69) is 20.8 Å². The number of hydrogen-bond acceptors (Lipinski definition) is 5. The number of tetrazole rings is 1. The van der Waals surface area contributed by atoms with Crippen LogP contribution in [0.4, 0.5) is 0 Å². The molecule has 78 valence electrons. The maximum atomic E-state index is 11.2. The number of nitrogens with zero attached hydrogens (tertiary/aromatic N) is 3. The van der Waals surface area contributed by atoms with Crippen molar-refractivity contribution in [1.82, 2.24) is 25.5 Å². The van der Waals surface area contributed by atoms with Crippen molar-refractivity contribution in [2.75, 3.05) is 20.3 Å². The Balaban J connectivity index is 2.34. The molecule has 1 rings (SSSR count). The minimum absolute atomic E-state index is 0.0928. The Morgan fingerprint density at radius 2 is 2.57 bits per heavy atom. The molecule has 0 fully saturated rings. The van der Waals surface area contributed by atoms with Gasteiger partial charge in [0.05, 0.1) is 6.61 Å². The molecular formula is C6H11N5O2S. The van der Waals surface area contributed by atoms with Crippen molar-refractivity contribution < 1.29 is 9.53 Å². The Bertz CT molecular complexity index is 346. The molecular weight excluding hydrogens is 206 g/mol. The van der Waals surface area contributed by atoms with Gasteiger partial charge in [-0.15, -0.1) is 0 Å². The van der Waals surface area contributed by atoms with Crippen LogP contribution in [0.25, 0.3) is 0 Å². The third-order valence-corrected chi connectivity index (χ3v) is 1.76. The summed E-state index contributed by atoms with van der Waals surface area (Å²) in [6.07, 6.45) is 0. The number of H-pyrrole nitrogens is 1. The number of aromatic amines is 1. The highest BCUT2D eigenvalue weighted by atomic mass is 32.1. The van der Waals surface area contributed by atoms with Crippen LogP contribution in [-0.2, 0) is 16.1 Å².